The maximum Gasteiger partial charge on any atom is 0.309 e. The Morgan fingerprint density at radius 1 is 1.50 bits per heavy atom. The van der Waals surface area contributed by atoms with Crippen LogP contribution in [0.4, 0.5) is 0 Å². The summed E-state index contributed by atoms with van der Waals surface area (Å²) in [5.74, 6) is 0.432. The second-order valence-corrected chi connectivity index (χ2v) is 4.17. The van der Waals surface area contributed by atoms with Gasteiger partial charge in [-0.1, -0.05) is 6.92 Å². The van der Waals surface area contributed by atoms with E-state index in [-0.39, 0.29) is 18.0 Å². The summed E-state index contributed by atoms with van der Waals surface area (Å²) in [6.45, 7) is 5.08. The number of piperidine rings is 1. The molecular weight excluding hydrogens is 182 g/mol. The number of esters is 1. The minimum absolute atomic E-state index is 0.0181. The van der Waals surface area contributed by atoms with E-state index >= 15 is 0 Å². The molecule has 2 saturated heterocycles. The maximum absolute atomic E-state index is 11.7. The van der Waals surface area contributed by atoms with Crippen molar-refractivity contribution in [3.05, 3.63) is 0 Å². The van der Waals surface area contributed by atoms with Gasteiger partial charge in [-0.15, -0.1) is 0 Å². The van der Waals surface area contributed by atoms with Crippen molar-refractivity contribution in [2.24, 2.45) is 11.8 Å². The fraction of sp³-hybridized carbons (Fsp3) is 0.900. The van der Waals surface area contributed by atoms with Crippen LogP contribution in [0, 0.1) is 11.8 Å². The SMILES string of the molecule is CC1CNCCC1C(=O)OC1COC1. The zero-order valence-electron chi connectivity index (χ0n) is 8.49. The van der Waals surface area contributed by atoms with Crippen molar-refractivity contribution in [1.82, 2.24) is 5.32 Å². The van der Waals surface area contributed by atoms with Crippen LogP contribution in [0.2, 0.25) is 0 Å². The van der Waals surface area contributed by atoms with E-state index in [1.165, 1.54) is 0 Å². The van der Waals surface area contributed by atoms with Crippen molar-refractivity contribution < 1.29 is 14.3 Å². The zero-order valence-corrected chi connectivity index (χ0v) is 8.49. The molecule has 2 rings (SSSR count). The molecule has 2 aliphatic rings. The van der Waals surface area contributed by atoms with Gasteiger partial charge in [0.05, 0.1) is 19.1 Å². The Balaban J connectivity index is 1.82. The van der Waals surface area contributed by atoms with Crippen LogP contribution in [0.25, 0.3) is 0 Å². The molecule has 2 unspecified atom stereocenters. The van der Waals surface area contributed by atoms with Crippen LogP contribution in [-0.2, 0) is 14.3 Å². The molecule has 4 nitrogen and oxygen atoms in total. The van der Waals surface area contributed by atoms with E-state index in [0.717, 1.165) is 19.5 Å². The number of carbonyl (C=O) groups is 1. The van der Waals surface area contributed by atoms with Gasteiger partial charge in [0.25, 0.3) is 0 Å². The molecule has 0 aromatic heterocycles. The Labute approximate surface area is 84.0 Å². The van der Waals surface area contributed by atoms with Crippen molar-refractivity contribution in [2.45, 2.75) is 19.4 Å². The summed E-state index contributed by atoms with van der Waals surface area (Å²) in [6, 6.07) is 0. The monoisotopic (exact) mass is 199 g/mol. The molecule has 0 spiro atoms. The Morgan fingerprint density at radius 2 is 2.29 bits per heavy atom. The first-order chi connectivity index (χ1) is 6.77. The number of hydrogen-bond donors (Lipinski definition) is 1. The van der Waals surface area contributed by atoms with Gasteiger partial charge in [0.2, 0.25) is 0 Å². The lowest BCUT2D eigenvalue weighted by Gasteiger charge is -2.31. The van der Waals surface area contributed by atoms with Gasteiger partial charge in [0, 0.05) is 0 Å². The number of hydrogen-bond acceptors (Lipinski definition) is 4. The highest BCUT2D eigenvalue weighted by atomic mass is 16.6. The highest BCUT2D eigenvalue weighted by molar-refractivity contribution is 5.73. The quantitative estimate of drug-likeness (QED) is 0.644. The van der Waals surface area contributed by atoms with Crippen molar-refractivity contribution >= 4 is 5.97 Å². The smallest absolute Gasteiger partial charge is 0.309 e. The zero-order chi connectivity index (χ0) is 9.97. The summed E-state index contributed by atoms with van der Waals surface area (Å²) < 4.78 is 10.3. The predicted octanol–water partition coefficient (Wildman–Crippen LogP) is 0.174. The number of ether oxygens (including phenoxy) is 2. The van der Waals surface area contributed by atoms with E-state index in [4.69, 9.17) is 9.47 Å². The van der Waals surface area contributed by atoms with Crippen LogP contribution >= 0.6 is 0 Å². The molecule has 2 heterocycles. The van der Waals surface area contributed by atoms with E-state index in [1.807, 2.05) is 0 Å². The lowest BCUT2D eigenvalue weighted by atomic mass is 9.88. The molecule has 0 aromatic rings. The lowest BCUT2D eigenvalue weighted by Crippen LogP contribution is -2.44. The van der Waals surface area contributed by atoms with Crippen molar-refractivity contribution in [3.8, 4) is 0 Å². The van der Waals surface area contributed by atoms with Crippen LogP contribution in [-0.4, -0.2) is 38.4 Å². The predicted molar refractivity (Wildman–Crippen MR) is 50.8 cm³/mol. The average Bonchev–Trinajstić information content (AvgIpc) is 2.12. The van der Waals surface area contributed by atoms with Crippen molar-refractivity contribution in [1.29, 1.82) is 0 Å². The number of nitrogens with one attached hydrogen (secondary N) is 1. The van der Waals surface area contributed by atoms with E-state index in [0.29, 0.717) is 19.1 Å². The third kappa shape index (κ3) is 2.07. The fourth-order valence-electron chi connectivity index (χ4n) is 1.90. The van der Waals surface area contributed by atoms with Crippen LogP contribution < -0.4 is 5.32 Å². The minimum atomic E-state index is -0.0349. The molecule has 2 atom stereocenters. The second-order valence-electron chi connectivity index (χ2n) is 4.17. The summed E-state index contributed by atoms with van der Waals surface area (Å²) >= 11 is 0. The molecule has 1 N–H and O–H groups in total. The second kappa shape index (κ2) is 4.28. The van der Waals surface area contributed by atoms with Gasteiger partial charge in [-0.05, 0) is 25.4 Å². The molecule has 14 heavy (non-hydrogen) atoms. The van der Waals surface area contributed by atoms with Crippen molar-refractivity contribution in [3.63, 3.8) is 0 Å². The normalized spacial score (nSPS) is 33.5. The first kappa shape index (κ1) is 9.93. The summed E-state index contributed by atoms with van der Waals surface area (Å²) in [5.41, 5.74) is 0. The number of rotatable bonds is 2. The van der Waals surface area contributed by atoms with E-state index < -0.39 is 0 Å². The molecule has 0 saturated carbocycles. The lowest BCUT2D eigenvalue weighted by molar-refractivity contribution is -0.179. The highest BCUT2D eigenvalue weighted by Gasteiger charge is 2.32. The van der Waals surface area contributed by atoms with Crippen LogP contribution in [0.15, 0.2) is 0 Å². The standard InChI is InChI=1S/C10H17NO3/c1-7-4-11-3-2-9(7)10(12)14-8-5-13-6-8/h7-9,11H,2-6H2,1H3. The molecule has 0 aliphatic carbocycles. The topological polar surface area (TPSA) is 47.6 Å². The van der Waals surface area contributed by atoms with Gasteiger partial charge in [-0.3, -0.25) is 4.79 Å². The van der Waals surface area contributed by atoms with Gasteiger partial charge in [-0.2, -0.15) is 0 Å². The van der Waals surface area contributed by atoms with Gasteiger partial charge < -0.3 is 14.8 Å². The molecule has 2 fully saturated rings. The molecule has 80 valence electrons. The maximum atomic E-state index is 11.7. The van der Waals surface area contributed by atoms with Crippen LogP contribution in [0.3, 0.4) is 0 Å². The third-order valence-electron chi connectivity index (χ3n) is 2.98. The molecule has 4 heteroatoms. The van der Waals surface area contributed by atoms with Gasteiger partial charge in [0.15, 0.2) is 0 Å². The van der Waals surface area contributed by atoms with Gasteiger partial charge >= 0.3 is 5.97 Å². The van der Waals surface area contributed by atoms with E-state index in [1.54, 1.807) is 0 Å². The average molecular weight is 199 g/mol. The summed E-state index contributed by atoms with van der Waals surface area (Å²) in [4.78, 5) is 11.7. The molecule has 2 aliphatic heterocycles. The Morgan fingerprint density at radius 3 is 2.86 bits per heavy atom. The first-order valence-corrected chi connectivity index (χ1v) is 5.26. The molecule has 0 radical (unpaired) electrons. The Bertz CT molecular complexity index is 215. The van der Waals surface area contributed by atoms with Gasteiger partial charge in [-0.25, -0.2) is 0 Å². The van der Waals surface area contributed by atoms with Crippen LogP contribution in [0.1, 0.15) is 13.3 Å². The first-order valence-electron chi connectivity index (χ1n) is 5.26. The number of carbonyl (C=O) groups excluding carboxylic acids is 1. The van der Waals surface area contributed by atoms with Gasteiger partial charge in [0.1, 0.15) is 6.10 Å². The summed E-state index contributed by atoms with van der Waals surface area (Å²) in [7, 11) is 0. The highest BCUT2D eigenvalue weighted by Crippen LogP contribution is 2.21. The van der Waals surface area contributed by atoms with Crippen LogP contribution in [0.5, 0.6) is 0 Å². The largest absolute Gasteiger partial charge is 0.457 e. The molecular formula is C10H17NO3. The van der Waals surface area contributed by atoms with E-state index in [2.05, 4.69) is 12.2 Å². The minimum Gasteiger partial charge on any atom is -0.457 e. The summed E-state index contributed by atoms with van der Waals surface area (Å²) in [6.07, 6.45) is 0.915. The summed E-state index contributed by atoms with van der Waals surface area (Å²) in [5, 5.41) is 3.27. The Kier molecular flexibility index (Phi) is 3.03. The Hall–Kier alpha value is -0.610. The molecule has 0 bridgehead atoms. The molecule has 0 aromatic carbocycles. The fourth-order valence-corrected chi connectivity index (χ4v) is 1.90. The molecule has 0 amide bonds. The third-order valence-corrected chi connectivity index (χ3v) is 2.98. The van der Waals surface area contributed by atoms with Crippen molar-refractivity contribution in [2.75, 3.05) is 26.3 Å². The van der Waals surface area contributed by atoms with E-state index in [9.17, 15) is 4.79 Å².